The van der Waals surface area contributed by atoms with Gasteiger partial charge in [0.1, 0.15) is 0 Å². The number of carbonyl (C=O) groups is 1. The van der Waals surface area contributed by atoms with Crippen LogP contribution in [0.2, 0.25) is 0 Å². The van der Waals surface area contributed by atoms with Crippen LogP contribution in [0.15, 0.2) is 91.0 Å². The molecule has 0 saturated carbocycles. The highest BCUT2D eigenvalue weighted by atomic mass is 16.6. The lowest BCUT2D eigenvalue weighted by Crippen LogP contribution is -2.39. The van der Waals surface area contributed by atoms with Gasteiger partial charge in [0.2, 0.25) is 0 Å². The third-order valence-corrected chi connectivity index (χ3v) is 4.40. The summed E-state index contributed by atoms with van der Waals surface area (Å²) < 4.78 is 6.32. The fourth-order valence-corrected chi connectivity index (χ4v) is 2.99. The van der Waals surface area contributed by atoms with E-state index >= 15 is 0 Å². The van der Waals surface area contributed by atoms with E-state index in [1.807, 2.05) is 112 Å². The zero-order valence-electron chi connectivity index (χ0n) is 15.5. The Morgan fingerprint density at radius 2 is 0.923 bits per heavy atom. The molecule has 0 bridgehead atoms. The summed E-state index contributed by atoms with van der Waals surface area (Å²) in [7, 11) is 0. The normalized spacial score (nSPS) is 11.8. The van der Waals surface area contributed by atoms with Crippen LogP contribution < -0.4 is 0 Å². The highest BCUT2D eigenvalue weighted by Crippen LogP contribution is 2.41. The second kappa shape index (κ2) is 7.17. The van der Waals surface area contributed by atoms with Crippen molar-refractivity contribution in [1.29, 1.82) is 0 Å². The molecule has 0 aliphatic rings. The van der Waals surface area contributed by atoms with Crippen LogP contribution in [0.1, 0.15) is 37.5 Å². The van der Waals surface area contributed by atoms with Crippen molar-refractivity contribution in [1.82, 2.24) is 0 Å². The van der Waals surface area contributed by atoms with Gasteiger partial charge < -0.3 is 4.74 Å². The highest BCUT2D eigenvalue weighted by Gasteiger charge is 2.42. The molecule has 0 radical (unpaired) electrons. The maximum Gasteiger partial charge on any atom is 0.312 e. The fourth-order valence-electron chi connectivity index (χ4n) is 2.99. The SMILES string of the molecule is CC(C)(C)C(=O)OC(c1ccccc1)(c1ccccc1)c1ccccc1. The van der Waals surface area contributed by atoms with Gasteiger partial charge in [0.05, 0.1) is 5.41 Å². The largest absolute Gasteiger partial charge is 0.444 e. The predicted molar refractivity (Wildman–Crippen MR) is 105 cm³/mol. The molecule has 2 nitrogen and oxygen atoms in total. The van der Waals surface area contributed by atoms with Crippen LogP contribution in [-0.4, -0.2) is 5.97 Å². The van der Waals surface area contributed by atoms with Crippen LogP contribution in [0.3, 0.4) is 0 Å². The molecule has 0 saturated heterocycles. The van der Waals surface area contributed by atoms with Gasteiger partial charge in [0.15, 0.2) is 5.60 Å². The van der Waals surface area contributed by atoms with Crippen molar-refractivity contribution < 1.29 is 9.53 Å². The van der Waals surface area contributed by atoms with Crippen molar-refractivity contribution >= 4 is 5.97 Å². The quantitative estimate of drug-likeness (QED) is 0.457. The van der Waals surface area contributed by atoms with Crippen LogP contribution >= 0.6 is 0 Å². The van der Waals surface area contributed by atoms with Gasteiger partial charge in [-0.1, -0.05) is 91.0 Å². The summed E-state index contributed by atoms with van der Waals surface area (Å²) in [5, 5.41) is 0. The summed E-state index contributed by atoms with van der Waals surface area (Å²) in [5.41, 5.74) is 1.18. The monoisotopic (exact) mass is 344 g/mol. The van der Waals surface area contributed by atoms with Crippen LogP contribution in [0, 0.1) is 5.41 Å². The summed E-state index contributed by atoms with van der Waals surface area (Å²) >= 11 is 0. The fraction of sp³-hybridized carbons (Fsp3) is 0.208. The molecular weight excluding hydrogens is 320 g/mol. The van der Waals surface area contributed by atoms with Crippen molar-refractivity contribution in [2.24, 2.45) is 5.41 Å². The summed E-state index contributed by atoms with van der Waals surface area (Å²) in [4.78, 5) is 13.0. The Balaban J connectivity index is 2.30. The molecule has 132 valence electrons. The van der Waals surface area contributed by atoms with Crippen molar-refractivity contribution in [2.45, 2.75) is 26.4 Å². The molecule has 26 heavy (non-hydrogen) atoms. The van der Waals surface area contributed by atoms with E-state index in [-0.39, 0.29) is 5.97 Å². The minimum Gasteiger partial charge on any atom is -0.444 e. The molecule has 3 aromatic rings. The zero-order valence-corrected chi connectivity index (χ0v) is 15.5. The number of carbonyl (C=O) groups excluding carboxylic acids is 1. The Bertz CT molecular complexity index is 750. The van der Waals surface area contributed by atoms with Crippen molar-refractivity contribution in [3.8, 4) is 0 Å². The van der Waals surface area contributed by atoms with E-state index in [1.165, 1.54) is 0 Å². The van der Waals surface area contributed by atoms with E-state index in [9.17, 15) is 4.79 Å². The summed E-state index contributed by atoms with van der Waals surface area (Å²) in [6.07, 6.45) is 0. The Kier molecular flexibility index (Phi) is 4.94. The lowest BCUT2D eigenvalue weighted by molar-refractivity contribution is -0.163. The van der Waals surface area contributed by atoms with Gasteiger partial charge in [-0.25, -0.2) is 0 Å². The van der Waals surface area contributed by atoms with Gasteiger partial charge in [0, 0.05) is 16.7 Å². The molecule has 3 rings (SSSR count). The van der Waals surface area contributed by atoms with Gasteiger partial charge in [-0.15, -0.1) is 0 Å². The Morgan fingerprint density at radius 3 is 1.19 bits per heavy atom. The zero-order chi connectivity index (χ0) is 18.6. The first kappa shape index (κ1) is 17.9. The first-order valence-electron chi connectivity index (χ1n) is 8.84. The summed E-state index contributed by atoms with van der Waals surface area (Å²) in [5.74, 6) is -0.242. The van der Waals surface area contributed by atoms with Crippen LogP contribution in [0.5, 0.6) is 0 Å². The Morgan fingerprint density at radius 1 is 0.615 bits per heavy atom. The van der Waals surface area contributed by atoms with Crippen molar-refractivity contribution in [3.05, 3.63) is 108 Å². The molecular formula is C24H24O2. The molecule has 0 atom stereocenters. The number of rotatable bonds is 4. The molecule has 0 fully saturated rings. The van der Waals surface area contributed by atoms with E-state index in [1.54, 1.807) is 0 Å². The van der Waals surface area contributed by atoms with Gasteiger partial charge in [-0.05, 0) is 20.8 Å². The molecule has 0 unspecified atom stereocenters. The average molecular weight is 344 g/mol. The third-order valence-electron chi connectivity index (χ3n) is 4.40. The first-order valence-corrected chi connectivity index (χ1v) is 8.84. The average Bonchev–Trinajstić information content (AvgIpc) is 2.67. The second-order valence-electron chi connectivity index (χ2n) is 7.42. The minimum atomic E-state index is -0.992. The van der Waals surface area contributed by atoms with Gasteiger partial charge in [-0.2, -0.15) is 0 Å². The summed E-state index contributed by atoms with van der Waals surface area (Å²) in [6.45, 7) is 5.63. The third kappa shape index (κ3) is 3.41. The second-order valence-corrected chi connectivity index (χ2v) is 7.42. The minimum absolute atomic E-state index is 0.242. The lowest BCUT2D eigenvalue weighted by atomic mass is 9.79. The number of hydrogen-bond donors (Lipinski definition) is 0. The van der Waals surface area contributed by atoms with E-state index < -0.39 is 11.0 Å². The van der Waals surface area contributed by atoms with Crippen LogP contribution in [-0.2, 0) is 15.1 Å². The molecule has 0 aliphatic carbocycles. The Hall–Kier alpha value is -2.87. The number of benzene rings is 3. The topological polar surface area (TPSA) is 26.3 Å². The van der Waals surface area contributed by atoms with Gasteiger partial charge >= 0.3 is 5.97 Å². The number of ether oxygens (including phenoxy) is 1. The van der Waals surface area contributed by atoms with E-state index in [2.05, 4.69) is 0 Å². The smallest absolute Gasteiger partial charge is 0.312 e. The standard InChI is InChI=1S/C24H24O2/c1-23(2,3)22(25)26-24(19-13-7-4-8-14-19,20-15-9-5-10-16-20)21-17-11-6-12-18-21/h4-18H,1-3H3. The molecule has 0 spiro atoms. The maximum absolute atomic E-state index is 13.0. The molecule has 0 aliphatic heterocycles. The molecule has 0 amide bonds. The molecule has 3 aromatic carbocycles. The van der Waals surface area contributed by atoms with Crippen LogP contribution in [0.4, 0.5) is 0 Å². The maximum atomic E-state index is 13.0. The van der Waals surface area contributed by atoms with Crippen LogP contribution in [0.25, 0.3) is 0 Å². The van der Waals surface area contributed by atoms with E-state index in [0.29, 0.717) is 0 Å². The van der Waals surface area contributed by atoms with Gasteiger partial charge in [-0.3, -0.25) is 4.79 Å². The lowest BCUT2D eigenvalue weighted by Gasteiger charge is -2.37. The molecule has 2 heteroatoms. The highest BCUT2D eigenvalue weighted by molar-refractivity contribution is 5.77. The molecule has 0 aromatic heterocycles. The summed E-state index contributed by atoms with van der Waals surface area (Å²) in [6, 6.07) is 29.8. The van der Waals surface area contributed by atoms with E-state index in [0.717, 1.165) is 16.7 Å². The van der Waals surface area contributed by atoms with Crippen molar-refractivity contribution in [2.75, 3.05) is 0 Å². The Labute approximate surface area is 155 Å². The molecule has 0 heterocycles. The van der Waals surface area contributed by atoms with E-state index in [4.69, 9.17) is 4.74 Å². The first-order chi connectivity index (χ1) is 12.4. The number of hydrogen-bond acceptors (Lipinski definition) is 2. The van der Waals surface area contributed by atoms with Gasteiger partial charge in [0.25, 0.3) is 0 Å². The van der Waals surface area contributed by atoms with Crippen molar-refractivity contribution in [3.63, 3.8) is 0 Å². The number of esters is 1. The predicted octanol–water partition coefficient (Wildman–Crippen LogP) is 5.57. The molecule has 0 N–H and O–H groups in total.